The van der Waals surface area contributed by atoms with Gasteiger partial charge < -0.3 is 20.5 Å². The molecule has 0 bridgehead atoms. The van der Waals surface area contributed by atoms with E-state index >= 15 is 0 Å². The van der Waals surface area contributed by atoms with Gasteiger partial charge in [-0.1, -0.05) is 0 Å². The number of nitrogens with two attached hydrogens (primary N) is 1. The summed E-state index contributed by atoms with van der Waals surface area (Å²) in [6, 6.07) is 3.45. The second kappa shape index (κ2) is 8.52. The Balaban J connectivity index is 1.47. The number of aromatic nitrogens is 6. The number of alkyl halides is 5. The van der Waals surface area contributed by atoms with E-state index in [-0.39, 0.29) is 36.2 Å². The van der Waals surface area contributed by atoms with Crippen molar-refractivity contribution >= 4 is 34.4 Å². The number of imidazole rings is 1. The molecule has 1 aliphatic heterocycles. The van der Waals surface area contributed by atoms with Gasteiger partial charge in [0.1, 0.15) is 23.4 Å². The summed E-state index contributed by atoms with van der Waals surface area (Å²) in [6.07, 6.45) is -2.95. The largest absolute Gasteiger partial charge is 0.406 e. The van der Waals surface area contributed by atoms with Crippen LogP contribution in [0.1, 0.15) is 19.2 Å². The maximum Gasteiger partial charge on any atom is 0.406 e. The zero-order valence-electron chi connectivity index (χ0n) is 19.7. The number of amides is 1. The zero-order valence-corrected chi connectivity index (χ0v) is 19.7. The number of hydrogen-bond acceptors (Lipinski definition) is 7. The van der Waals surface area contributed by atoms with Gasteiger partial charge in [-0.2, -0.15) is 18.2 Å². The highest BCUT2D eigenvalue weighted by atomic mass is 19.4. The van der Waals surface area contributed by atoms with Gasteiger partial charge >= 0.3 is 6.18 Å². The van der Waals surface area contributed by atoms with Gasteiger partial charge in [-0.25, -0.2) is 23.3 Å². The van der Waals surface area contributed by atoms with Crippen molar-refractivity contribution in [2.45, 2.75) is 45.0 Å². The van der Waals surface area contributed by atoms with Crippen LogP contribution >= 0.6 is 0 Å². The number of piperidine rings is 1. The average Bonchev–Trinajstić information content (AvgIpc) is 3.35. The molecular formula is C22H22F5N9O. The minimum absolute atomic E-state index is 0.0141. The third kappa shape index (κ3) is 4.60. The molecule has 196 valence electrons. The summed E-state index contributed by atoms with van der Waals surface area (Å²) < 4.78 is 70.9. The van der Waals surface area contributed by atoms with Crippen LogP contribution in [-0.2, 0) is 11.3 Å². The molecule has 1 aliphatic rings. The number of aryl methyl sites for hydroxylation is 1. The van der Waals surface area contributed by atoms with Crippen LogP contribution in [0.4, 0.5) is 33.7 Å². The lowest BCUT2D eigenvalue weighted by Crippen LogP contribution is -2.55. The number of rotatable bonds is 4. The molecule has 0 aromatic carbocycles. The highest BCUT2D eigenvalue weighted by molar-refractivity contribution is 5.88. The Kier molecular flexibility index (Phi) is 5.68. The van der Waals surface area contributed by atoms with Crippen LogP contribution in [0.3, 0.4) is 0 Å². The molecule has 1 fully saturated rings. The van der Waals surface area contributed by atoms with Gasteiger partial charge in [0.15, 0.2) is 11.5 Å². The standard InChI is InChI=1S/C22H22F5N9O/c1-11-29-15-4-3-14(30-19(15)35(11)10-22(25,26)27)13-5-8-36-17(13)18(28)32-20(33-36)31-16-6-7-34(12(2)37)9-21(16,23)24/h3-5,8,16H,6-7,9-10H2,1-2H3,(H3,28,31,32,33)/t16-/m1/s1. The second-order valence-electron chi connectivity index (χ2n) is 8.93. The monoisotopic (exact) mass is 523 g/mol. The summed E-state index contributed by atoms with van der Waals surface area (Å²) in [7, 11) is 0. The predicted molar refractivity (Wildman–Crippen MR) is 124 cm³/mol. The average molecular weight is 523 g/mol. The van der Waals surface area contributed by atoms with Gasteiger partial charge in [-0.15, -0.1) is 5.10 Å². The van der Waals surface area contributed by atoms with E-state index in [0.29, 0.717) is 22.3 Å². The van der Waals surface area contributed by atoms with Crippen LogP contribution in [0.15, 0.2) is 24.4 Å². The molecule has 15 heteroatoms. The molecule has 4 aromatic rings. The quantitative estimate of drug-likeness (QED) is 0.394. The van der Waals surface area contributed by atoms with Crippen LogP contribution in [-0.4, -0.2) is 71.2 Å². The number of nitrogen functional groups attached to an aromatic ring is 1. The number of carbonyl (C=O) groups is 1. The highest BCUT2D eigenvalue weighted by Gasteiger charge is 2.45. The van der Waals surface area contributed by atoms with E-state index < -0.39 is 37.1 Å². The molecule has 1 saturated heterocycles. The molecule has 3 N–H and O–H groups in total. The maximum absolute atomic E-state index is 14.6. The summed E-state index contributed by atoms with van der Waals surface area (Å²) in [6.45, 7) is 0.910. The SMILES string of the molecule is CC(=O)N1CC[C@@H](Nc2nc(N)c3c(-c4ccc5nc(C)n(CC(F)(F)F)c5n4)ccn3n2)C(F)(F)C1. The van der Waals surface area contributed by atoms with Crippen molar-refractivity contribution in [2.75, 3.05) is 24.1 Å². The van der Waals surface area contributed by atoms with Gasteiger partial charge in [-0.05, 0) is 31.5 Å². The van der Waals surface area contributed by atoms with Crippen LogP contribution in [0, 0.1) is 6.92 Å². The van der Waals surface area contributed by atoms with Crippen LogP contribution < -0.4 is 11.1 Å². The topological polar surface area (TPSA) is 119 Å². The Morgan fingerprint density at radius 1 is 1.22 bits per heavy atom. The smallest absolute Gasteiger partial charge is 0.382 e. The number of halogens is 5. The van der Waals surface area contributed by atoms with Crippen molar-refractivity contribution in [3.05, 3.63) is 30.2 Å². The van der Waals surface area contributed by atoms with E-state index in [1.165, 1.54) is 24.6 Å². The van der Waals surface area contributed by atoms with Gasteiger partial charge in [0.05, 0.1) is 18.3 Å². The van der Waals surface area contributed by atoms with Gasteiger partial charge in [-0.3, -0.25) is 4.79 Å². The summed E-state index contributed by atoms with van der Waals surface area (Å²) in [4.78, 5) is 25.2. The first-order valence-corrected chi connectivity index (χ1v) is 11.3. The van der Waals surface area contributed by atoms with E-state index in [2.05, 4.69) is 25.4 Å². The zero-order chi connectivity index (χ0) is 26.7. The van der Waals surface area contributed by atoms with E-state index in [4.69, 9.17) is 5.73 Å². The molecule has 0 radical (unpaired) electrons. The highest BCUT2D eigenvalue weighted by Crippen LogP contribution is 2.32. The minimum Gasteiger partial charge on any atom is -0.382 e. The molecule has 0 saturated carbocycles. The summed E-state index contributed by atoms with van der Waals surface area (Å²) in [5.41, 5.74) is 7.60. The predicted octanol–water partition coefficient (Wildman–Crippen LogP) is 3.26. The molecule has 0 aliphatic carbocycles. The number of pyridine rings is 1. The van der Waals surface area contributed by atoms with E-state index in [0.717, 1.165) is 9.47 Å². The first kappa shape index (κ1) is 24.6. The Bertz CT molecular complexity index is 1510. The molecule has 5 rings (SSSR count). The Morgan fingerprint density at radius 2 is 1.97 bits per heavy atom. The fraction of sp³-hybridized carbons (Fsp3) is 0.409. The van der Waals surface area contributed by atoms with Crippen molar-refractivity contribution in [1.82, 2.24) is 34.0 Å². The molecule has 0 unspecified atom stereocenters. The fourth-order valence-electron chi connectivity index (χ4n) is 4.50. The summed E-state index contributed by atoms with van der Waals surface area (Å²) >= 11 is 0. The number of hydrogen-bond donors (Lipinski definition) is 2. The number of carbonyl (C=O) groups excluding carboxylic acids is 1. The van der Waals surface area contributed by atoms with E-state index in [1.54, 1.807) is 18.2 Å². The minimum atomic E-state index is -4.46. The van der Waals surface area contributed by atoms with Crippen molar-refractivity contribution in [3.63, 3.8) is 0 Å². The lowest BCUT2D eigenvalue weighted by molar-refractivity contribution is -0.141. The number of anilines is 2. The van der Waals surface area contributed by atoms with Crippen LogP contribution in [0.25, 0.3) is 27.9 Å². The van der Waals surface area contributed by atoms with Crippen molar-refractivity contribution in [3.8, 4) is 11.3 Å². The Labute approximate surface area is 206 Å². The van der Waals surface area contributed by atoms with Crippen molar-refractivity contribution in [1.29, 1.82) is 0 Å². The van der Waals surface area contributed by atoms with Crippen molar-refractivity contribution in [2.24, 2.45) is 0 Å². The molecular weight excluding hydrogens is 501 g/mol. The Morgan fingerprint density at radius 3 is 2.65 bits per heavy atom. The number of nitrogens with one attached hydrogen (secondary N) is 1. The van der Waals surface area contributed by atoms with Gasteiger partial charge in [0.25, 0.3) is 5.92 Å². The Hall–Kier alpha value is -4.04. The lowest BCUT2D eigenvalue weighted by Gasteiger charge is -2.38. The first-order chi connectivity index (χ1) is 17.3. The fourth-order valence-corrected chi connectivity index (χ4v) is 4.50. The number of fused-ring (bicyclic) bond motifs is 2. The third-order valence-corrected chi connectivity index (χ3v) is 6.28. The van der Waals surface area contributed by atoms with Crippen LogP contribution in [0.5, 0.6) is 0 Å². The number of nitrogens with zero attached hydrogens (tertiary/aromatic N) is 7. The van der Waals surface area contributed by atoms with Gasteiger partial charge in [0.2, 0.25) is 11.9 Å². The number of likely N-dealkylation sites (tertiary alicyclic amines) is 1. The van der Waals surface area contributed by atoms with Crippen LogP contribution in [0.2, 0.25) is 0 Å². The maximum atomic E-state index is 14.6. The normalized spacial score (nSPS) is 18.0. The molecule has 1 amide bonds. The lowest BCUT2D eigenvalue weighted by atomic mass is 10.0. The van der Waals surface area contributed by atoms with Gasteiger partial charge in [0, 0.05) is 25.2 Å². The summed E-state index contributed by atoms with van der Waals surface area (Å²) in [5, 5.41) is 6.86. The summed E-state index contributed by atoms with van der Waals surface area (Å²) in [5.74, 6) is -3.64. The molecule has 4 aromatic heterocycles. The first-order valence-electron chi connectivity index (χ1n) is 11.3. The van der Waals surface area contributed by atoms with Crippen molar-refractivity contribution < 1.29 is 26.7 Å². The van der Waals surface area contributed by atoms with E-state index in [1.807, 2.05) is 0 Å². The second-order valence-corrected chi connectivity index (χ2v) is 8.93. The molecule has 10 nitrogen and oxygen atoms in total. The van der Waals surface area contributed by atoms with E-state index in [9.17, 15) is 26.7 Å². The molecule has 5 heterocycles. The molecule has 1 atom stereocenters. The third-order valence-electron chi connectivity index (χ3n) is 6.28. The molecule has 37 heavy (non-hydrogen) atoms. The molecule has 0 spiro atoms.